The first kappa shape index (κ1) is 22.5. The molecule has 8 heteroatoms. The molecule has 2 heterocycles. The summed E-state index contributed by atoms with van der Waals surface area (Å²) in [7, 11) is 3.05. The predicted octanol–water partition coefficient (Wildman–Crippen LogP) is 3.82. The van der Waals surface area contributed by atoms with Crippen molar-refractivity contribution in [3.05, 3.63) is 83.9 Å². The van der Waals surface area contributed by atoms with E-state index in [0.29, 0.717) is 28.4 Å². The molecular formula is C27H25N3O5. The van der Waals surface area contributed by atoms with Gasteiger partial charge in [-0.1, -0.05) is 42.5 Å². The second kappa shape index (κ2) is 8.79. The maximum Gasteiger partial charge on any atom is 0.271 e. The molecule has 0 aliphatic carbocycles. The fourth-order valence-electron chi connectivity index (χ4n) is 4.88. The summed E-state index contributed by atoms with van der Waals surface area (Å²) >= 11 is 0. The van der Waals surface area contributed by atoms with Gasteiger partial charge in [-0.05, 0) is 17.7 Å². The molecule has 1 atom stereocenters. The number of fused-ring (bicyclic) bond motifs is 3. The van der Waals surface area contributed by atoms with Crippen molar-refractivity contribution in [1.29, 1.82) is 0 Å². The van der Waals surface area contributed by atoms with E-state index in [9.17, 15) is 14.4 Å². The summed E-state index contributed by atoms with van der Waals surface area (Å²) in [6.07, 6.45) is 0.313. The highest BCUT2D eigenvalue weighted by atomic mass is 16.5. The summed E-state index contributed by atoms with van der Waals surface area (Å²) < 4.78 is 10.7. The lowest BCUT2D eigenvalue weighted by Crippen LogP contribution is -2.69. The number of rotatable bonds is 6. The van der Waals surface area contributed by atoms with Gasteiger partial charge in [-0.15, -0.1) is 0 Å². The van der Waals surface area contributed by atoms with Crippen LogP contribution in [-0.4, -0.2) is 42.5 Å². The number of nitrogens with zero attached hydrogens (tertiary/aromatic N) is 2. The lowest BCUT2D eigenvalue weighted by molar-refractivity contribution is -0.129. The van der Waals surface area contributed by atoms with Crippen LogP contribution in [0.3, 0.4) is 0 Å². The first-order valence-corrected chi connectivity index (χ1v) is 11.3. The van der Waals surface area contributed by atoms with Crippen molar-refractivity contribution >= 4 is 29.1 Å². The van der Waals surface area contributed by atoms with E-state index < -0.39 is 11.6 Å². The average Bonchev–Trinajstić information content (AvgIpc) is 3.25. The molecule has 2 aliphatic heterocycles. The van der Waals surface area contributed by atoms with E-state index in [-0.39, 0.29) is 31.2 Å². The van der Waals surface area contributed by atoms with Crippen LogP contribution in [0.25, 0.3) is 0 Å². The first-order valence-electron chi connectivity index (χ1n) is 11.3. The minimum absolute atomic E-state index is 0.141. The van der Waals surface area contributed by atoms with E-state index in [2.05, 4.69) is 5.32 Å². The van der Waals surface area contributed by atoms with Crippen LogP contribution in [0.5, 0.6) is 11.5 Å². The zero-order valence-electron chi connectivity index (χ0n) is 19.5. The number of carbonyl (C=O) groups excluding carboxylic acids is 3. The molecule has 0 aromatic heterocycles. The SMILES string of the molecule is COc1cc(NC(=O)[C@]23CCC(=O)N2c2ccccc2C(=O)N3Cc2ccccc2)cc(OC)c1. The van der Waals surface area contributed by atoms with Gasteiger partial charge >= 0.3 is 0 Å². The highest BCUT2D eigenvalue weighted by molar-refractivity contribution is 6.18. The van der Waals surface area contributed by atoms with Crippen molar-refractivity contribution in [3.63, 3.8) is 0 Å². The van der Waals surface area contributed by atoms with Crippen molar-refractivity contribution in [1.82, 2.24) is 4.90 Å². The third kappa shape index (κ3) is 3.67. The third-order valence-corrected chi connectivity index (χ3v) is 6.53. The number of carbonyl (C=O) groups is 3. The largest absolute Gasteiger partial charge is 0.497 e. The molecule has 0 radical (unpaired) electrons. The van der Waals surface area contributed by atoms with Gasteiger partial charge in [-0.2, -0.15) is 0 Å². The topological polar surface area (TPSA) is 88.2 Å². The van der Waals surface area contributed by atoms with Crippen LogP contribution in [0.2, 0.25) is 0 Å². The molecule has 0 spiro atoms. The van der Waals surface area contributed by atoms with E-state index >= 15 is 0 Å². The van der Waals surface area contributed by atoms with Crippen molar-refractivity contribution in [3.8, 4) is 11.5 Å². The average molecular weight is 472 g/mol. The van der Waals surface area contributed by atoms with Gasteiger partial charge in [0.05, 0.1) is 25.5 Å². The highest BCUT2D eigenvalue weighted by Gasteiger charge is 2.60. The van der Waals surface area contributed by atoms with Gasteiger partial charge in [-0.3, -0.25) is 19.3 Å². The smallest absolute Gasteiger partial charge is 0.271 e. The number of ether oxygens (including phenoxy) is 2. The fourth-order valence-corrected chi connectivity index (χ4v) is 4.88. The molecule has 1 saturated heterocycles. The lowest BCUT2D eigenvalue weighted by atomic mass is 9.94. The van der Waals surface area contributed by atoms with Crippen LogP contribution >= 0.6 is 0 Å². The Labute approximate surface area is 203 Å². The summed E-state index contributed by atoms with van der Waals surface area (Å²) in [6.45, 7) is 0.173. The molecule has 8 nitrogen and oxygen atoms in total. The number of hydrogen-bond acceptors (Lipinski definition) is 5. The number of anilines is 2. The standard InChI is InChI=1S/C27H25N3O5/c1-34-20-14-19(15-21(16-20)35-2)28-26(33)27-13-12-24(31)30(27)23-11-7-6-10-22(23)25(32)29(27)17-18-8-4-3-5-9-18/h3-11,14-16H,12-13,17H2,1-2H3,(H,28,33)/t27-/m0/s1. The molecule has 35 heavy (non-hydrogen) atoms. The van der Waals surface area contributed by atoms with Crippen molar-refractivity contribution < 1.29 is 23.9 Å². The fraction of sp³-hybridized carbons (Fsp3) is 0.222. The molecule has 3 aromatic rings. The Morgan fingerprint density at radius 3 is 2.29 bits per heavy atom. The molecule has 3 amide bonds. The van der Waals surface area contributed by atoms with Crippen molar-refractivity contribution in [2.45, 2.75) is 25.0 Å². The van der Waals surface area contributed by atoms with Crippen LogP contribution in [0.4, 0.5) is 11.4 Å². The number of benzene rings is 3. The molecule has 5 rings (SSSR count). The van der Waals surface area contributed by atoms with Gasteiger partial charge in [0.1, 0.15) is 11.5 Å². The van der Waals surface area contributed by atoms with Crippen LogP contribution in [0.1, 0.15) is 28.8 Å². The zero-order chi connectivity index (χ0) is 24.6. The number of methoxy groups -OCH3 is 2. The van der Waals surface area contributed by atoms with E-state index in [0.717, 1.165) is 5.56 Å². The lowest BCUT2D eigenvalue weighted by Gasteiger charge is -2.49. The Hall–Kier alpha value is -4.33. The number of para-hydroxylation sites is 1. The van der Waals surface area contributed by atoms with Crippen LogP contribution in [0, 0.1) is 0 Å². The molecular weight excluding hydrogens is 446 g/mol. The quantitative estimate of drug-likeness (QED) is 0.591. The van der Waals surface area contributed by atoms with Gasteiger partial charge in [-0.25, -0.2) is 0 Å². The molecule has 2 aliphatic rings. The number of hydrogen-bond donors (Lipinski definition) is 1. The monoisotopic (exact) mass is 471 g/mol. The maximum absolute atomic E-state index is 14.1. The second-order valence-electron chi connectivity index (χ2n) is 8.50. The van der Waals surface area contributed by atoms with Crippen molar-refractivity contribution in [2.24, 2.45) is 0 Å². The Morgan fingerprint density at radius 2 is 1.60 bits per heavy atom. The van der Waals surface area contributed by atoms with Crippen LogP contribution in [0.15, 0.2) is 72.8 Å². The van der Waals surface area contributed by atoms with E-state index in [4.69, 9.17) is 9.47 Å². The summed E-state index contributed by atoms with van der Waals surface area (Å²) in [6, 6.07) is 21.4. The van der Waals surface area contributed by atoms with Crippen LogP contribution in [-0.2, 0) is 16.1 Å². The van der Waals surface area contributed by atoms with Crippen molar-refractivity contribution in [2.75, 3.05) is 24.4 Å². The molecule has 0 unspecified atom stereocenters. The van der Waals surface area contributed by atoms with Crippen LogP contribution < -0.4 is 19.7 Å². The predicted molar refractivity (Wildman–Crippen MR) is 130 cm³/mol. The zero-order valence-corrected chi connectivity index (χ0v) is 19.5. The summed E-state index contributed by atoms with van der Waals surface area (Å²) in [5.41, 5.74) is 0.614. The highest BCUT2D eigenvalue weighted by Crippen LogP contribution is 2.45. The normalized spacial score (nSPS) is 18.7. The summed E-state index contributed by atoms with van der Waals surface area (Å²) in [5, 5.41) is 2.92. The second-order valence-corrected chi connectivity index (χ2v) is 8.50. The minimum atomic E-state index is -1.52. The Bertz CT molecular complexity index is 1290. The van der Waals surface area contributed by atoms with Gasteiger partial charge in [0.2, 0.25) is 11.6 Å². The number of nitrogens with one attached hydrogen (secondary N) is 1. The van der Waals surface area contributed by atoms with Gasteiger partial charge in [0, 0.05) is 43.3 Å². The van der Waals surface area contributed by atoms with E-state index in [1.807, 2.05) is 30.3 Å². The van der Waals surface area contributed by atoms with Gasteiger partial charge < -0.3 is 19.7 Å². The third-order valence-electron chi connectivity index (χ3n) is 6.53. The molecule has 0 saturated carbocycles. The van der Waals surface area contributed by atoms with E-state index in [1.54, 1.807) is 42.5 Å². The molecule has 3 aromatic carbocycles. The molecule has 0 bridgehead atoms. The first-order chi connectivity index (χ1) is 17.0. The molecule has 178 valence electrons. The van der Waals surface area contributed by atoms with Gasteiger partial charge in [0.15, 0.2) is 0 Å². The Kier molecular flexibility index (Phi) is 5.64. The summed E-state index contributed by atoms with van der Waals surface area (Å²) in [5.74, 6) is 0.0259. The minimum Gasteiger partial charge on any atom is -0.497 e. The van der Waals surface area contributed by atoms with Gasteiger partial charge in [0.25, 0.3) is 11.8 Å². The Balaban J connectivity index is 1.63. The summed E-state index contributed by atoms with van der Waals surface area (Å²) in [4.78, 5) is 44.1. The van der Waals surface area contributed by atoms with E-state index in [1.165, 1.54) is 24.0 Å². The maximum atomic E-state index is 14.1. The molecule has 1 fully saturated rings. The number of amides is 3. The Morgan fingerprint density at radius 1 is 0.943 bits per heavy atom. The molecule has 1 N–H and O–H groups in total.